The van der Waals surface area contributed by atoms with Crippen molar-refractivity contribution >= 4 is 11.7 Å². The Morgan fingerprint density at radius 3 is 2.41 bits per heavy atom. The van der Waals surface area contributed by atoms with Gasteiger partial charge in [0.1, 0.15) is 5.75 Å². The number of carbonyl (C=O) groups is 2. The van der Waals surface area contributed by atoms with Crippen LogP contribution in [-0.2, 0) is 4.79 Å². The lowest BCUT2D eigenvalue weighted by molar-refractivity contribution is -0.123. The summed E-state index contributed by atoms with van der Waals surface area (Å²) in [6, 6.07) is 6.73. The van der Waals surface area contributed by atoms with Gasteiger partial charge in [0.25, 0.3) is 5.91 Å². The van der Waals surface area contributed by atoms with Crippen LogP contribution in [0.4, 0.5) is 0 Å². The molecule has 1 aromatic carbocycles. The summed E-state index contributed by atoms with van der Waals surface area (Å²) in [6.07, 6.45) is 0.902. The minimum atomic E-state index is -0.137. The number of ether oxygens (including phenoxy) is 1. The van der Waals surface area contributed by atoms with Crippen LogP contribution in [0.25, 0.3) is 0 Å². The van der Waals surface area contributed by atoms with E-state index in [0.29, 0.717) is 17.9 Å². The molecule has 0 atom stereocenters. The maximum atomic E-state index is 11.3. The topological polar surface area (TPSA) is 55.4 Å². The van der Waals surface area contributed by atoms with Crippen molar-refractivity contribution in [3.05, 3.63) is 29.8 Å². The number of Topliss-reactive ketones (excluding diaryl/α,β-unsaturated/α-hetero) is 1. The van der Waals surface area contributed by atoms with Gasteiger partial charge in [0.15, 0.2) is 12.4 Å². The Labute approximate surface area is 101 Å². The Morgan fingerprint density at radius 2 is 1.88 bits per heavy atom. The van der Waals surface area contributed by atoms with E-state index in [-0.39, 0.29) is 18.3 Å². The van der Waals surface area contributed by atoms with Crippen molar-refractivity contribution in [2.24, 2.45) is 0 Å². The fourth-order valence-corrected chi connectivity index (χ4v) is 1.25. The molecule has 1 aromatic rings. The number of ketones is 1. The fraction of sp³-hybridized carbons (Fsp3) is 0.385. The minimum absolute atomic E-state index is 0.000577. The third-order valence-corrected chi connectivity index (χ3v) is 2.20. The van der Waals surface area contributed by atoms with Crippen LogP contribution in [0.3, 0.4) is 0 Å². The molecule has 0 aromatic heterocycles. The Bertz CT molecular complexity index is 384. The van der Waals surface area contributed by atoms with Gasteiger partial charge in [-0.1, -0.05) is 6.92 Å². The van der Waals surface area contributed by atoms with E-state index in [2.05, 4.69) is 5.32 Å². The molecule has 0 fully saturated rings. The second kappa shape index (κ2) is 6.68. The van der Waals surface area contributed by atoms with Gasteiger partial charge in [0, 0.05) is 12.1 Å². The minimum Gasteiger partial charge on any atom is -0.484 e. The Morgan fingerprint density at radius 1 is 1.24 bits per heavy atom. The molecule has 0 aliphatic rings. The van der Waals surface area contributed by atoms with Crippen molar-refractivity contribution in [1.82, 2.24) is 5.32 Å². The average Bonchev–Trinajstić information content (AvgIpc) is 2.34. The molecule has 0 saturated heterocycles. The summed E-state index contributed by atoms with van der Waals surface area (Å²) in [7, 11) is 0. The molecule has 1 N–H and O–H groups in total. The molecule has 0 radical (unpaired) electrons. The fourth-order valence-electron chi connectivity index (χ4n) is 1.25. The number of amides is 1. The van der Waals surface area contributed by atoms with Crippen molar-refractivity contribution < 1.29 is 14.3 Å². The summed E-state index contributed by atoms with van der Waals surface area (Å²) in [5, 5.41) is 2.71. The van der Waals surface area contributed by atoms with Crippen molar-refractivity contribution in [2.75, 3.05) is 13.2 Å². The number of hydrogen-bond acceptors (Lipinski definition) is 3. The molecule has 1 amide bonds. The van der Waals surface area contributed by atoms with Crippen molar-refractivity contribution in [1.29, 1.82) is 0 Å². The molecule has 1 rings (SSSR count). The predicted molar refractivity (Wildman–Crippen MR) is 65.2 cm³/mol. The van der Waals surface area contributed by atoms with Crippen LogP contribution < -0.4 is 10.1 Å². The van der Waals surface area contributed by atoms with E-state index in [1.807, 2.05) is 6.92 Å². The van der Waals surface area contributed by atoms with Gasteiger partial charge in [-0.05, 0) is 37.6 Å². The largest absolute Gasteiger partial charge is 0.484 e. The van der Waals surface area contributed by atoms with Crippen LogP contribution in [0, 0.1) is 0 Å². The van der Waals surface area contributed by atoms with Crippen LogP contribution in [0.5, 0.6) is 5.75 Å². The van der Waals surface area contributed by atoms with Gasteiger partial charge in [0.2, 0.25) is 0 Å². The third kappa shape index (κ3) is 4.68. The lowest BCUT2D eigenvalue weighted by Gasteiger charge is -2.06. The smallest absolute Gasteiger partial charge is 0.257 e. The molecular formula is C13H17NO3. The second-order valence-corrected chi connectivity index (χ2v) is 3.72. The number of nitrogens with one attached hydrogen (secondary N) is 1. The van der Waals surface area contributed by atoms with Gasteiger partial charge in [-0.25, -0.2) is 0 Å². The molecule has 4 heteroatoms. The van der Waals surface area contributed by atoms with Crippen LogP contribution in [0.2, 0.25) is 0 Å². The molecule has 0 spiro atoms. The maximum absolute atomic E-state index is 11.3. The summed E-state index contributed by atoms with van der Waals surface area (Å²) in [6.45, 7) is 4.15. The van der Waals surface area contributed by atoms with Crippen LogP contribution >= 0.6 is 0 Å². The zero-order valence-electron chi connectivity index (χ0n) is 10.2. The molecule has 0 bridgehead atoms. The van der Waals surface area contributed by atoms with E-state index >= 15 is 0 Å². The van der Waals surface area contributed by atoms with Gasteiger partial charge in [0.05, 0.1) is 0 Å². The average molecular weight is 235 g/mol. The van der Waals surface area contributed by atoms with E-state index in [0.717, 1.165) is 6.42 Å². The third-order valence-electron chi connectivity index (χ3n) is 2.20. The first-order chi connectivity index (χ1) is 8.13. The zero-order valence-corrected chi connectivity index (χ0v) is 10.2. The van der Waals surface area contributed by atoms with Gasteiger partial charge >= 0.3 is 0 Å². The van der Waals surface area contributed by atoms with Gasteiger partial charge in [-0.2, -0.15) is 0 Å². The highest BCUT2D eigenvalue weighted by atomic mass is 16.5. The van der Waals surface area contributed by atoms with Gasteiger partial charge in [-0.15, -0.1) is 0 Å². The highest BCUT2D eigenvalue weighted by Gasteiger charge is 2.02. The summed E-state index contributed by atoms with van der Waals surface area (Å²) >= 11 is 0. The van der Waals surface area contributed by atoms with E-state index in [4.69, 9.17) is 4.74 Å². The number of hydrogen-bond donors (Lipinski definition) is 1. The highest BCUT2D eigenvalue weighted by molar-refractivity contribution is 5.94. The summed E-state index contributed by atoms with van der Waals surface area (Å²) in [4.78, 5) is 22.3. The molecular weight excluding hydrogens is 218 g/mol. The molecule has 0 unspecified atom stereocenters. The zero-order chi connectivity index (χ0) is 12.7. The van der Waals surface area contributed by atoms with Crippen molar-refractivity contribution in [3.8, 4) is 5.75 Å². The van der Waals surface area contributed by atoms with Crippen LogP contribution in [0.1, 0.15) is 30.6 Å². The second-order valence-electron chi connectivity index (χ2n) is 3.72. The van der Waals surface area contributed by atoms with E-state index in [1.165, 1.54) is 6.92 Å². The highest BCUT2D eigenvalue weighted by Crippen LogP contribution is 2.12. The first kappa shape index (κ1) is 13.2. The number of carbonyl (C=O) groups excluding carboxylic acids is 2. The molecule has 17 heavy (non-hydrogen) atoms. The van der Waals surface area contributed by atoms with Gasteiger partial charge < -0.3 is 10.1 Å². The SMILES string of the molecule is CCCNC(=O)COc1ccc(C(C)=O)cc1. The van der Waals surface area contributed by atoms with Crippen molar-refractivity contribution in [2.45, 2.75) is 20.3 Å². The lowest BCUT2D eigenvalue weighted by Crippen LogP contribution is -2.29. The van der Waals surface area contributed by atoms with Crippen LogP contribution in [0.15, 0.2) is 24.3 Å². The monoisotopic (exact) mass is 235 g/mol. The Hall–Kier alpha value is -1.84. The van der Waals surface area contributed by atoms with Gasteiger partial charge in [-0.3, -0.25) is 9.59 Å². The number of benzene rings is 1. The number of rotatable bonds is 6. The molecule has 92 valence electrons. The first-order valence-corrected chi connectivity index (χ1v) is 5.64. The van der Waals surface area contributed by atoms with Crippen molar-refractivity contribution in [3.63, 3.8) is 0 Å². The molecule has 0 saturated carbocycles. The van der Waals surface area contributed by atoms with E-state index in [9.17, 15) is 9.59 Å². The first-order valence-electron chi connectivity index (χ1n) is 5.64. The Kier molecular flexibility index (Phi) is 5.20. The van der Waals surface area contributed by atoms with E-state index in [1.54, 1.807) is 24.3 Å². The predicted octanol–water partition coefficient (Wildman–Crippen LogP) is 1.79. The summed E-state index contributed by atoms with van der Waals surface area (Å²) in [5.41, 5.74) is 0.632. The molecule has 0 heterocycles. The normalized spacial score (nSPS) is 9.76. The molecule has 4 nitrogen and oxygen atoms in total. The quantitative estimate of drug-likeness (QED) is 0.765. The van der Waals surface area contributed by atoms with E-state index < -0.39 is 0 Å². The summed E-state index contributed by atoms with van der Waals surface area (Å²) < 4.78 is 5.28. The molecule has 0 aliphatic carbocycles. The van der Waals surface area contributed by atoms with Crippen LogP contribution in [-0.4, -0.2) is 24.8 Å². The maximum Gasteiger partial charge on any atom is 0.257 e. The molecule has 0 aliphatic heterocycles. The standard InChI is InChI=1S/C13H17NO3/c1-3-8-14-13(16)9-17-12-6-4-11(5-7-12)10(2)15/h4-7H,3,8-9H2,1-2H3,(H,14,16). The lowest BCUT2D eigenvalue weighted by atomic mass is 10.1. The summed E-state index contributed by atoms with van der Waals surface area (Å²) in [5.74, 6) is 0.460. The Balaban J connectivity index is 2.42.